The quantitative estimate of drug-likeness (QED) is 0.750. The minimum absolute atomic E-state index is 0.165. The van der Waals surface area contributed by atoms with Crippen LogP contribution in [0.2, 0.25) is 0 Å². The molecule has 7 nitrogen and oxygen atoms in total. The third-order valence-corrected chi connectivity index (χ3v) is 5.11. The van der Waals surface area contributed by atoms with Gasteiger partial charge in [-0.2, -0.15) is 4.31 Å². The minimum Gasteiger partial charge on any atom is -0.545 e. The highest BCUT2D eigenvalue weighted by Gasteiger charge is 2.26. The molecule has 22 heavy (non-hydrogen) atoms. The van der Waals surface area contributed by atoms with Crippen molar-refractivity contribution in [3.63, 3.8) is 0 Å². The van der Waals surface area contributed by atoms with Crippen LogP contribution in [-0.2, 0) is 19.6 Å². The first-order chi connectivity index (χ1) is 10.4. The number of carbonyl (C=O) groups is 2. The zero-order chi connectivity index (χ0) is 16.2. The monoisotopic (exact) mass is 323 g/mol. The van der Waals surface area contributed by atoms with Gasteiger partial charge in [-0.15, -0.1) is 0 Å². The van der Waals surface area contributed by atoms with E-state index in [-0.39, 0.29) is 4.90 Å². The molecule has 1 aliphatic rings. The number of hydrogen-bond acceptors (Lipinski definition) is 5. The Hall–Kier alpha value is -2.19. The molecule has 0 atom stereocenters. The van der Waals surface area contributed by atoms with Gasteiger partial charge < -0.3 is 15.2 Å². The molecule has 2 rings (SSSR count). The average molecular weight is 323 g/mol. The van der Waals surface area contributed by atoms with Gasteiger partial charge in [-0.1, -0.05) is 0 Å². The second-order valence-corrected chi connectivity index (χ2v) is 6.72. The van der Waals surface area contributed by atoms with Crippen molar-refractivity contribution in [1.82, 2.24) is 4.31 Å². The lowest BCUT2D eigenvalue weighted by atomic mass is 10.3. The van der Waals surface area contributed by atoms with E-state index in [2.05, 4.69) is 5.32 Å². The third kappa shape index (κ3) is 3.92. The van der Waals surface area contributed by atoms with E-state index in [9.17, 15) is 23.1 Å². The summed E-state index contributed by atoms with van der Waals surface area (Å²) in [5.41, 5.74) is 0.369. The highest BCUT2D eigenvalue weighted by atomic mass is 32.2. The molecule has 1 saturated heterocycles. The summed E-state index contributed by atoms with van der Waals surface area (Å²) >= 11 is 0. The third-order valence-electron chi connectivity index (χ3n) is 3.20. The molecule has 0 saturated carbocycles. The van der Waals surface area contributed by atoms with E-state index in [4.69, 9.17) is 0 Å². The van der Waals surface area contributed by atoms with Crippen LogP contribution in [0.4, 0.5) is 5.69 Å². The molecule has 1 aromatic carbocycles. The summed E-state index contributed by atoms with van der Waals surface area (Å²) in [4.78, 5) is 21.7. The summed E-state index contributed by atoms with van der Waals surface area (Å²) in [5, 5.41) is 12.6. The Bertz CT molecular complexity index is 688. The van der Waals surface area contributed by atoms with Gasteiger partial charge in [0.25, 0.3) is 0 Å². The molecule has 0 radical (unpaired) electrons. The number of aliphatic carboxylic acids is 1. The van der Waals surface area contributed by atoms with Gasteiger partial charge in [0.05, 0.1) is 10.9 Å². The normalized spacial score (nSPS) is 16.0. The number of anilines is 1. The van der Waals surface area contributed by atoms with Gasteiger partial charge in [0, 0.05) is 24.9 Å². The van der Waals surface area contributed by atoms with E-state index in [1.54, 1.807) is 0 Å². The molecule has 0 unspecified atom stereocenters. The van der Waals surface area contributed by atoms with Gasteiger partial charge >= 0.3 is 0 Å². The van der Waals surface area contributed by atoms with Crippen molar-refractivity contribution in [3.8, 4) is 0 Å². The SMILES string of the molecule is O=C([O-])/C=C/C(=O)Nc1ccc(S(=O)(=O)N2CCCC2)cc1. The summed E-state index contributed by atoms with van der Waals surface area (Å²) in [7, 11) is -3.48. The molecular weight excluding hydrogens is 308 g/mol. The van der Waals surface area contributed by atoms with Crippen molar-refractivity contribution in [2.24, 2.45) is 0 Å². The van der Waals surface area contributed by atoms with Crippen LogP contribution < -0.4 is 10.4 Å². The molecule has 1 aliphatic heterocycles. The molecule has 0 aliphatic carbocycles. The zero-order valence-corrected chi connectivity index (χ0v) is 12.5. The summed E-state index contributed by atoms with van der Waals surface area (Å²) in [6.07, 6.45) is 3.15. The molecule has 118 valence electrons. The predicted octanol–water partition coefficient (Wildman–Crippen LogP) is -0.284. The summed E-state index contributed by atoms with van der Waals surface area (Å²) in [6, 6.07) is 5.72. The Labute approximate surface area is 128 Å². The minimum atomic E-state index is -3.48. The van der Waals surface area contributed by atoms with Crippen molar-refractivity contribution >= 4 is 27.6 Å². The van der Waals surface area contributed by atoms with Gasteiger partial charge in [-0.25, -0.2) is 8.42 Å². The van der Waals surface area contributed by atoms with Crippen LogP contribution in [0.15, 0.2) is 41.3 Å². The van der Waals surface area contributed by atoms with E-state index in [1.165, 1.54) is 28.6 Å². The molecule has 1 heterocycles. The lowest BCUT2D eigenvalue weighted by Gasteiger charge is -2.15. The van der Waals surface area contributed by atoms with Gasteiger partial charge in [0.2, 0.25) is 15.9 Å². The average Bonchev–Trinajstić information content (AvgIpc) is 3.00. The summed E-state index contributed by atoms with van der Waals surface area (Å²) in [6.45, 7) is 1.05. The van der Waals surface area contributed by atoms with Crippen LogP contribution in [0, 0.1) is 0 Å². The fourth-order valence-electron chi connectivity index (χ4n) is 2.12. The molecule has 1 aromatic rings. The second kappa shape index (κ2) is 6.71. The standard InChI is InChI=1S/C14H16N2O5S/c17-13(7-8-14(18)19)15-11-3-5-12(6-4-11)22(20,21)16-9-1-2-10-16/h3-8H,1-2,9-10H2,(H,15,17)(H,18,19)/p-1/b8-7+. The van der Waals surface area contributed by atoms with Crippen molar-refractivity contribution in [2.45, 2.75) is 17.7 Å². The van der Waals surface area contributed by atoms with E-state index in [1.807, 2.05) is 0 Å². The topological polar surface area (TPSA) is 107 Å². The van der Waals surface area contributed by atoms with Crippen molar-refractivity contribution < 1.29 is 23.1 Å². The van der Waals surface area contributed by atoms with Crippen LogP contribution in [0.1, 0.15) is 12.8 Å². The number of rotatable bonds is 5. The Kier molecular flexibility index (Phi) is 4.94. The Morgan fingerprint density at radius 2 is 1.68 bits per heavy atom. The van der Waals surface area contributed by atoms with E-state index >= 15 is 0 Å². The number of hydrogen-bond donors (Lipinski definition) is 1. The van der Waals surface area contributed by atoms with Crippen molar-refractivity contribution in [2.75, 3.05) is 18.4 Å². The van der Waals surface area contributed by atoms with Crippen LogP contribution in [0.25, 0.3) is 0 Å². The number of sulfonamides is 1. The maximum absolute atomic E-state index is 12.3. The lowest BCUT2D eigenvalue weighted by molar-refractivity contribution is -0.297. The number of carboxylic acid groups (broad SMARTS) is 1. The molecule has 8 heteroatoms. The molecule has 1 N–H and O–H groups in total. The summed E-state index contributed by atoms with van der Waals surface area (Å²) in [5.74, 6) is -2.11. The molecular formula is C14H15N2O5S-. The van der Waals surface area contributed by atoms with Gasteiger partial charge in [-0.05, 0) is 43.2 Å². The summed E-state index contributed by atoms with van der Waals surface area (Å²) < 4.78 is 26.0. The van der Waals surface area contributed by atoms with Crippen molar-refractivity contribution in [3.05, 3.63) is 36.4 Å². The maximum Gasteiger partial charge on any atom is 0.248 e. The highest BCUT2D eigenvalue weighted by molar-refractivity contribution is 7.89. The van der Waals surface area contributed by atoms with Gasteiger partial charge in [-0.3, -0.25) is 4.79 Å². The fraction of sp³-hybridized carbons (Fsp3) is 0.286. The number of nitrogens with zero attached hydrogens (tertiary/aromatic N) is 1. The molecule has 1 fully saturated rings. The molecule has 0 spiro atoms. The van der Waals surface area contributed by atoms with E-state index in [0.29, 0.717) is 24.9 Å². The molecule has 0 bridgehead atoms. The lowest BCUT2D eigenvalue weighted by Crippen LogP contribution is -2.27. The van der Waals surface area contributed by atoms with Crippen LogP contribution in [0.3, 0.4) is 0 Å². The predicted molar refractivity (Wildman–Crippen MR) is 77.2 cm³/mol. The number of carbonyl (C=O) groups excluding carboxylic acids is 2. The Morgan fingerprint density at radius 3 is 2.23 bits per heavy atom. The highest BCUT2D eigenvalue weighted by Crippen LogP contribution is 2.22. The maximum atomic E-state index is 12.3. The smallest absolute Gasteiger partial charge is 0.248 e. The van der Waals surface area contributed by atoms with Gasteiger partial charge in [0.15, 0.2) is 0 Å². The first-order valence-corrected chi connectivity index (χ1v) is 8.14. The Morgan fingerprint density at radius 1 is 1.09 bits per heavy atom. The van der Waals surface area contributed by atoms with E-state index in [0.717, 1.165) is 18.9 Å². The number of benzene rings is 1. The number of nitrogens with one attached hydrogen (secondary N) is 1. The first kappa shape index (κ1) is 16.2. The molecule has 1 amide bonds. The molecule has 0 aromatic heterocycles. The van der Waals surface area contributed by atoms with Crippen LogP contribution >= 0.6 is 0 Å². The zero-order valence-electron chi connectivity index (χ0n) is 11.7. The van der Waals surface area contributed by atoms with Gasteiger partial charge in [0.1, 0.15) is 0 Å². The second-order valence-electron chi connectivity index (χ2n) is 4.78. The van der Waals surface area contributed by atoms with Crippen LogP contribution in [0.5, 0.6) is 0 Å². The Balaban J connectivity index is 2.07. The number of amides is 1. The van der Waals surface area contributed by atoms with Crippen molar-refractivity contribution in [1.29, 1.82) is 0 Å². The van der Waals surface area contributed by atoms with Crippen LogP contribution in [-0.4, -0.2) is 37.7 Å². The fourth-order valence-corrected chi connectivity index (χ4v) is 3.63. The van der Waals surface area contributed by atoms with E-state index < -0.39 is 21.9 Å². The largest absolute Gasteiger partial charge is 0.545 e. The first-order valence-electron chi connectivity index (χ1n) is 6.70. The number of carboxylic acids is 1.